The number of carbonyl (C=O) groups excluding carboxylic acids is 8. The topological polar surface area (TPSA) is 343 Å². The second-order valence-electron chi connectivity index (χ2n) is 16.1. The van der Waals surface area contributed by atoms with E-state index in [1.165, 1.54) is 24.3 Å². The van der Waals surface area contributed by atoms with Crippen molar-refractivity contribution in [3.63, 3.8) is 0 Å². The third-order valence-electron chi connectivity index (χ3n) is 9.11. The Morgan fingerprint density at radius 1 is 0.592 bits per heavy atom. The van der Waals surface area contributed by atoms with E-state index >= 15 is 0 Å². The first kappa shape index (κ1) is 55.3. The van der Waals surface area contributed by atoms with Crippen LogP contribution in [0.25, 0.3) is 0 Å². The molecule has 71 heavy (non-hydrogen) atoms. The lowest BCUT2D eigenvalue weighted by atomic mass is 10.1. The van der Waals surface area contributed by atoms with Gasteiger partial charge in [-0.15, -0.1) is 0 Å². The Hall–Kier alpha value is -8.32. The standard InChI is InChI=1S/C24H24N4O8S.C22H28N4O7S/c1-12-20(37-24(26-12)28-19(32)7-13-4-3-5-15(29)6-13)22(34)27-18(23(35)36-2)11-25-21(33)14-8-16(30)10-17(31)9-14;1-12-17(34-20(24-12)26-16(28)10-13-7-6-8-14(27)9-13)18(29)25-15(19(30)32-5)11-23-21(31)33-22(2,3)4/h3-6,8-10,18,29-31H,7,11H2,1-2H3,(H,25,33)(H,27,34)(H,26,28,32);6-9,15,27H,10-11H2,1-5H3,(H,23,31)(H,25,29)(H,24,26,28)/t18-;15-/m00/s1. The van der Waals surface area contributed by atoms with Gasteiger partial charge in [0.15, 0.2) is 10.3 Å². The molecule has 0 saturated carbocycles. The van der Waals surface area contributed by atoms with Crippen molar-refractivity contribution in [1.29, 1.82) is 0 Å². The summed E-state index contributed by atoms with van der Waals surface area (Å²) in [6.07, 6.45) is -0.758. The van der Waals surface area contributed by atoms with Gasteiger partial charge < -0.3 is 66.5 Å². The van der Waals surface area contributed by atoms with Crippen molar-refractivity contribution in [2.75, 3.05) is 37.9 Å². The molecule has 0 spiro atoms. The molecule has 10 N–H and O–H groups in total. The highest BCUT2D eigenvalue weighted by atomic mass is 32.1. The molecular formula is C46H52N8O15S2. The number of aromatic nitrogens is 2. The molecule has 5 rings (SSSR count). The zero-order valence-corrected chi connectivity index (χ0v) is 41.0. The molecule has 0 fully saturated rings. The molecule has 2 aromatic heterocycles. The fraction of sp³-hybridized carbons (Fsp3) is 0.304. The monoisotopic (exact) mass is 1020 g/mol. The van der Waals surface area contributed by atoms with E-state index in [9.17, 15) is 58.8 Å². The van der Waals surface area contributed by atoms with Crippen molar-refractivity contribution in [1.82, 2.24) is 31.2 Å². The number of alkyl carbamates (subject to hydrolysis) is 1. The Morgan fingerprint density at radius 3 is 1.41 bits per heavy atom. The minimum Gasteiger partial charge on any atom is -0.508 e. The first-order valence-electron chi connectivity index (χ1n) is 21.1. The van der Waals surface area contributed by atoms with E-state index in [2.05, 4.69) is 41.9 Å². The molecule has 378 valence electrons. The van der Waals surface area contributed by atoms with Crippen LogP contribution in [0, 0.1) is 13.8 Å². The molecule has 25 heteroatoms. The highest BCUT2D eigenvalue weighted by Crippen LogP contribution is 2.25. The number of nitrogens with zero attached hydrogens (tertiary/aromatic N) is 2. The number of thiazole rings is 2. The number of benzene rings is 3. The van der Waals surface area contributed by atoms with Crippen molar-refractivity contribution < 1.29 is 73.0 Å². The molecular weight excluding hydrogens is 969 g/mol. The van der Waals surface area contributed by atoms with Crippen LogP contribution in [0.1, 0.15) is 73.0 Å². The fourth-order valence-electron chi connectivity index (χ4n) is 5.99. The molecule has 3 aromatic carbocycles. The zero-order chi connectivity index (χ0) is 52.6. The largest absolute Gasteiger partial charge is 0.508 e. The van der Waals surface area contributed by atoms with Crippen LogP contribution < -0.4 is 31.9 Å². The molecule has 0 aliphatic heterocycles. The highest BCUT2D eigenvalue weighted by Gasteiger charge is 2.28. The van der Waals surface area contributed by atoms with E-state index in [1.54, 1.807) is 58.9 Å². The average Bonchev–Trinajstić information content (AvgIpc) is 3.84. The van der Waals surface area contributed by atoms with Gasteiger partial charge in [0.05, 0.1) is 45.0 Å². The van der Waals surface area contributed by atoms with Crippen molar-refractivity contribution in [3.05, 3.63) is 105 Å². The molecule has 0 aliphatic carbocycles. The molecule has 5 aromatic rings. The number of anilines is 2. The summed E-state index contributed by atoms with van der Waals surface area (Å²) in [6, 6.07) is 13.4. The zero-order valence-electron chi connectivity index (χ0n) is 39.3. The lowest BCUT2D eigenvalue weighted by molar-refractivity contribution is -0.143. The molecule has 2 heterocycles. The Balaban J connectivity index is 0.000000310. The highest BCUT2D eigenvalue weighted by molar-refractivity contribution is 7.18. The second kappa shape index (κ2) is 25.3. The van der Waals surface area contributed by atoms with Crippen molar-refractivity contribution in [2.45, 2.75) is 65.1 Å². The van der Waals surface area contributed by atoms with Crippen LogP contribution in [0.15, 0.2) is 66.7 Å². The lowest BCUT2D eigenvalue weighted by Gasteiger charge is -2.21. The first-order chi connectivity index (χ1) is 33.4. The van der Waals surface area contributed by atoms with Gasteiger partial charge in [-0.25, -0.2) is 24.4 Å². The molecule has 6 amide bonds. The SMILES string of the molecule is COC(=O)[C@H](CNC(=O)OC(C)(C)C)NC(=O)c1sc(NC(=O)Cc2cccc(O)c2)nc1C.COC(=O)[C@H](CNC(=O)c1cc(O)cc(O)c1)NC(=O)c1sc(NC(=O)Cc2cccc(O)c2)nc1C. The van der Waals surface area contributed by atoms with Gasteiger partial charge >= 0.3 is 18.0 Å². The van der Waals surface area contributed by atoms with Crippen LogP contribution in [0.2, 0.25) is 0 Å². The predicted octanol–water partition coefficient (Wildman–Crippen LogP) is 3.59. The summed E-state index contributed by atoms with van der Waals surface area (Å²) in [5, 5.41) is 53.6. The van der Waals surface area contributed by atoms with Gasteiger partial charge in [-0.2, -0.15) is 0 Å². The molecule has 0 radical (unpaired) electrons. The van der Waals surface area contributed by atoms with Gasteiger partial charge in [-0.05, 0) is 82.1 Å². The summed E-state index contributed by atoms with van der Waals surface area (Å²) >= 11 is 1.83. The van der Waals surface area contributed by atoms with Crippen LogP contribution in [-0.4, -0.2) is 123 Å². The molecule has 0 aliphatic rings. The Bertz CT molecular complexity index is 2750. The Kier molecular flexibility index (Phi) is 19.7. The molecule has 0 saturated heterocycles. The number of aryl methyl sites for hydroxylation is 2. The van der Waals surface area contributed by atoms with E-state index < -0.39 is 59.3 Å². The summed E-state index contributed by atoms with van der Waals surface area (Å²) in [6.45, 7) is 7.62. The van der Waals surface area contributed by atoms with E-state index in [-0.39, 0.29) is 80.4 Å². The third kappa shape index (κ3) is 17.9. The van der Waals surface area contributed by atoms with Crippen LogP contribution in [0.3, 0.4) is 0 Å². The van der Waals surface area contributed by atoms with Crippen molar-refractivity contribution in [2.24, 2.45) is 0 Å². The number of rotatable bonds is 17. The Labute approximate surface area is 414 Å². The molecule has 0 bridgehead atoms. The van der Waals surface area contributed by atoms with Gasteiger partial charge in [0, 0.05) is 18.2 Å². The van der Waals surface area contributed by atoms with Crippen LogP contribution in [0.4, 0.5) is 15.1 Å². The number of phenols is 4. The van der Waals surface area contributed by atoms with Gasteiger partial charge in [-0.3, -0.25) is 24.0 Å². The fourth-order valence-corrected chi connectivity index (χ4v) is 7.76. The van der Waals surface area contributed by atoms with E-state index in [0.717, 1.165) is 55.1 Å². The smallest absolute Gasteiger partial charge is 0.407 e. The molecule has 23 nitrogen and oxygen atoms in total. The van der Waals surface area contributed by atoms with E-state index in [0.29, 0.717) is 22.5 Å². The predicted molar refractivity (Wildman–Crippen MR) is 257 cm³/mol. The van der Waals surface area contributed by atoms with Gasteiger partial charge in [0.2, 0.25) is 11.8 Å². The van der Waals surface area contributed by atoms with Crippen molar-refractivity contribution >= 4 is 80.5 Å². The van der Waals surface area contributed by atoms with Crippen LogP contribution in [0.5, 0.6) is 23.0 Å². The molecule has 2 atom stereocenters. The summed E-state index contributed by atoms with van der Waals surface area (Å²) in [4.78, 5) is 107. The quantitative estimate of drug-likeness (QED) is 0.0470. The maximum atomic E-state index is 12.9. The third-order valence-corrected chi connectivity index (χ3v) is 11.3. The maximum Gasteiger partial charge on any atom is 0.407 e. The number of methoxy groups -OCH3 is 2. The van der Waals surface area contributed by atoms with E-state index in [4.69, 9.17) is 14.2 Å². The molecule has 0 unspecified atom stereocenters. The maximum absolute atomic E-state index is 12.9. The summed E-state index contributed by atoms with van der Waals surface area (Å²) in [7, 11) is 2.28. The van der Waals surface area contributed by atoms with Gasteiger partial charge in [-0.1, -0.05) is 46.9 Å². The second-order valence-corrected chi connectivity index (χ2v) is 18.1. The van der Waals surface area contributed by atoms with E-state index in [1.807, 2.05) is 0 Å². The van der Waals surface area contributed by atoms with Gasteiger partial charge in [0.1, 0.15) is 50.4 Å². The summed E-state index contributed by atoms with van der Waals surface area (Å²) in [5.74, 6) is -4.93. The van der Waals surface area contributed by atoms with Crippen molar-refractivity contribution in [3.8, 4) is 23.0 Å². The summed E-state index contributed by atoms with van der Waals surface area (Å²) < 4.78 is 14.5. The summed E-state index contributed by atoms with van der Waals surface area (Å²) in [5.41, 5.74) is 1.07. The number of esters is 2. The number of aromatic hydroxyl groups is 4. The number of hydrogen-bond donors (Lipinski definition) is 10. The number of ether oxygens (including phenoxy) is 3. The normalized spacial score (nSPS) is 11.5. The van der Waals surface area contributed by atoms with Crippen LogP contribution in [-0.2, 0) is 46.2 Å². The average molecular weight is 1020 g/mol. The van der Waals surface area contributed by atoms with Gasteiger partial charge in [0.25, 0.3) is 17.7 Å². The number of phenolic OH excluding ortho intramolecular Hbond substituents is 4. The number of hydrogen-bond acceptors (Lipinski definition) is 19. The minimum absolute atomic E-state index is 0.00923. The number of carbonyl (C=O) groups is 8. The first-order valence-corrected chi connectivity index (χ1v) is 22.7. The number of amides is 6. The van der Waals surface area contributed by atoms with Crippen LogP contribution >= 0.6 is 22.7 Å². The number of nitrogens with one attached hydrogen (secondary N) is 6. The Morgan fingerprint density at radius 2 is 1.01 bits per heavy atom. The lowest BCUT2D eigenvalue weighted by Crippen LogP contribution is -2.49. The minimum atomic E-state index is -1.27.